The van der Waals surface area contributed by atoms with Gasteiger partial charge < -0.3 is 9.30 Å². The molecule has 0 saturated heterocycles. The Labute approximate surface area is 153 Å². The molecule has 0 radical (unpaired) electrons. The summed E-state index contributed by atoms with van der Waals surface area (Å²) >= 11 is 1.31. The van der Waals surface area contributed by atoms with Crippen LogP contribution in [0.25, 0.3) is 10.2 Å². The molecular formula is C19H18F2N2O2S. The van der Waals surface area contributed by atoms with Gasteiger partial charge in [-0.05, 0) is 49.2 Å². The van der Waals surface area contributed by atoms with E-state index in [9.17, 15) is 13.6 Å². The highest BCUT2D eigenvalue weighted by molar-refractivity contribution is 7.16. The number of rotatable bonds is 4. The molecular weight excluding hydrogens is 358 g/mol. The third-order valence-electron chi connectivity index (χ3n) is 4.19. The van der Waals surface area contributed by atoms with Gasteiger partial charge in [0, 0.05) is 13.7 Å². The molecule has 4 nitrogen and oxygen atoms in total. The molecule has 136 valence electrons. The summed E-state index contributed by atoms with van der Waals surface area (Å²) in [6, 6.07) is 7.34. The average Bonchev–Trinajstić information content (AvgIpc) is 2.89. The molecule has 1 aromatic heterocycles. The largest absolute Gasteiger partial charge is 0.383 e. The first-order valence-electron chi connectivity index (χ1n) is 8.05. The molecule has 0 atom stereocenters. The molecule has 3 rings (SSSR count). The van der Waals surface area contributed by atoms with E-state index in [0.717, 1.165) is 33.5 Å². The number of hydrogen-bond acceptors (Lipinski definition) is 3. The number of carbonyl (C=O) groups excluding carboxylic acids is 1. The SMILES string of the molecule is COCCn1c(=NC(=O)c2c(F)cccc2F)sc2cc(C)c(C)cc21. The number of carbonyl (C=O) groups is 1. The summed E-state index contributed by atoms with van der Waals surface area (Å²) in [4.78, 5) is 16.8. The van der Waals surface area contributed by atoms with Crippen LogP contribution in [0.4, 0.5) is 8.78 Å². The molecule has 0 aliphatic heterocycles. The van der Waals surface area contributed by atoms with E-state index in [1.54, 1.807) is 7.11 Å². The maximum Gasteiger partial charge on any atom is 0.285 e. The minimum atomic E-state index is -0.938. The Morgan fingerprint density at radius 2 is 1.85 bits per heavy atom. The summed E-state index contributed by atoms with van der Waals surface area (Å²) in [5.74, 6) is -2.78. The molecule has 0 spiro atoms. The lowest BCUT2D eigenvalue weighted by atomic mass is 10.1. The number of ether oxygens (including phenoxy) is 1. The molecule has 0 aliphatic carbocycles. The first-order valence-corrected chi connectivity index (χ1v) is 8.86. The minimum Gasteiger partial charge on any atom is -0.383 e. The van der Waals surface area contributed by atoms with Crippen LogP contribution in [-0.4, -0.2) is 24.2 Å². The van der Waals surface area contributed by atoms with Crippen LogP contribution in [0.5, 0.6) is 0 Å². The molecule has 0 N–H and O–H groups in total. The van der Waals surface area contributed by atoms with Crippen molar-refractivity contribution < 1.29 is 18.3 Å². The van der Waals surface area contributed by atoms with Crippen LogP contribution in [0.2, 0.25) is 0 Å². The van der Waals surface area contributed by atoms with Crippen molar-refractivity contribution in [2.45, 2.75) is 20.4 Å². The zero-order chi connectivity index (χ0) is 18.8. The van der Waals surface area contributed by atoms with Gasteiger partial charge in [-0.15, -0.1) is 0 Å². The number of amides is 1. The van der Waals surface area contributed by atoms with E-state index in [1.807, 2.05) is 30.5 Å². The molecule has 3 aromatic rings. The molecule has 2 aromatic carbocycles. The Morgan fingerprint density at radius 3 is 2.50 bits per heavy atom. The smallest absolute Gasteiger partial charge is 0.285 e. The van der Waals surface area contributed by atoms with Crippen LogP contribution in [0.1, 0.15) is 21.5 Å². The number of nitrogens with zero attached hydrogens (tertiary/aromatic N) is 2. The van der Waals surface area contributed by atoms with E-state index in [1.165, 1.54) is 17.4 Å². The van der Waals surface area contributed by atoms with Crippen molar-refractivity contribution in [1.82, 2.24) is 4.57 Å². The molecule has 1 amide bonds. The number of aromatic nitrogens is 1. The van der Waals surface area contributed by atoms with Crippen molar-refractivity contribution in [3.8, 4) is 0 Å². The molecule has 0 fully saturated rings. The van der Waals surface area contributed by atoms with Crippen molar-refractivity contribution in [2.24, 2.45) is 4.99 Å². The summed E-state index contributed by atoms with van der Waals surface area (Å²) < 4.78 is 35.7. The quantitative estimate of drug-likeness (QED) is 0.691. The normalized spacial score (nSPS) is 12.1. The van der Waals surface area contributed by atoms with E-state index in [0.29, 0.717) is 18.0 Å². The minimum absolute atomic E-state index is 0.384. The van der Waals surface area contributed by atoms with E-state index >= 15 is 0 Å². The van der Waals surface area contributed by atoms with E-state index in [4.69, 9.17) is 4.74 Å². The highest BCUT2D eigenvalue weighted by Gasteiger charge is 2.17. The standard InChI is InChI=1S/C19H18F2N2O2S/c1-11-9-15-16(10-12(11)2)26-19(23(15)7-8-25-3)22-18(24)17-13(20)5-4-6-14(17)21/h4-6,9-10H,7-8H2,1-3H3. The fourth-order valence-corrected chi connectivity index (χ4v) is 3.78. The van der Waals surface area contributed by atoms with Gasteiger partial charge in [0.1, 0.15) is 17.2 Å². The molecule has 0 aliphatic rings. The monoisotopic (exact) mass is 376 g/mol. The Morgan fingerprint density at radius 1 is 1.19 bits per heavy atom. The van der Waals surface area contributed by atoms with Gasteiger partial charge in [0.05, 0.1) is 16.8 Å². The van der Waals surface area contributed by atoms with Gasteiger partial charge in [0.2, 0.25) is 0 Å². The van der Waals surface area contributed by atoms with Crippen LogP contribution >= 0.6 is 11.3 Å². The fourth-order valence-electron chi connectivity index (χ4n) is 2.65. The van der Waals surface area contributed by atoms with Gasteiger partial charge >= 0.3 is 0 Å². The van der Waals surface area contributed by atoms with Gasteiger partial charge in [-0.1, -0.05) is 17.4 Å². The zero-order valence-electron chi connectivity index (χ0n) is 14.7. The third-order valence-corrected chi connectivity index (χ3v) is 5.23. The second-order valence-electron chi connectivity index (χ2n) is 5.95. The topological polar surface area (TPSA) is 43.6 Å². The maximum absolute atomic E-state index is 13.9. The molecule has 0 bridgehead atoms. The second-order valence-corrected chi connectivity index (χ2v) is 6.96. The summed E-state index contributed by atoms with van der Waals surface area (Å²) in [5.41, 5.74) is 2.50. The number of benzene rings is 2. The average molecular weight is 376 g/mol. The summed E-state index contributed by atoms with van der Waals surface area (Å²) in [6.07, 6.45) is 0. The van der Waals surface area contributed by atoms with Gasteiger partial charge in [-0.25, -0.2) is 8.78 Å². The lowest BCUT2D eigenvalue weighted by molar-refractivity contribution is 0.0989. The number of methoxy groups -OCH3 is 1. The number of hydrogen-bond donors (Lipinski definition) is 0. The first-order chi connectivity index (χ1) is 12.4. The van der Waals surface area contributed by atoms with Gasteiger partial charge in [-0.3, -0.25) is 4.79 Å². The summed E-state index contributed by atoms with van der Waals surface area (Å²) in [7, 11) is 1.58. The van der Waals surface area contributed by atoms with Gasteiger partial charge in [0.15, 0.2) is 4.80 Å². The van der Waals surface area contributed by atoms with Crippen LogP contribution in [0.15, 0.2) is 35.3 Å². The van der Waals surface area contributed by atoms with Crippen LogP contribution in [0, 0.1) is 25.5 Å². The van der Waals surface area contributed by atoms with E-state index < -0.39 is 23.1 Å². The predicted octanol–water partition coefficient (Wildman–Crippen LogP) is 3.99. The molecule has 0 unspecified atom stereocenters. The first kappa shape index (κ1) is 18.4. The molecule has 7 heteroatoms. The van der Waals surface area contributed by atoms with E-state index in [2.05, 4.69) is 4.99 Å². The molecule has 0 saturated carbocycles. The number of aryl methyl sites for hydroxylation is 2. The van der Waals surface area contributed by atoms with Crippen molar-refractivity contribution in [3.63, 3.8) is 0 Å². The molecule has 26 heavy (non-hydrogen) atoms. The lowest BCUT2D eigenvalue weighted by Crippen LogP contribution is -2.20. The Balaban J connectivity index is 2.19. The van der Waals surface area contributed by atoms with Crippen LogP contribution < -0.4 is 4.80 Å². The van der Waals surface area contributed by atoms with Crippen molar-refractivity contribution in [1.29, 1.82) is 0 Å². The summed E-state index contributed by atoms with van der Waals surface area (Å²) in [5, 5.41) is 0. The Bertz CT molecular complexity index is 1030. The second kappa shape index (κ2) is 7.47. The predicted molar refractivity (Wildman–Crippen MR) is 97.4 cm³/mol. The van der Waals surface area contributed by atoms with Crippen molar-refractivity contribution in [3.05, 3.63) is 63.5 Å². The highest BCUT2D eigenvalue weighted by Crippen LogP contribution is 2.22. The Kier molecular flexibility index (Phi) is 5.29. The Hall–Kier alpha value is -2.38. The lowest BCUT2D eigenvalue weighted by Gasteiger charge is -2.06. The van der Waals surface area contributed by atoms with Gasteiger partial charge in [-0.2, -0.15) is 4.99 Å². The summed E-state index contributed by atoms with van der Waals surface area (Å²) in [6.45, 7) is 4.91. The van der Waals surface area contributed by atoms with Crippen LogP contribution in [-0.2, 0) is 11.3 Å². The number of thiazole rings is 1. The van der Waals surface area contributed by atoms with E-state index in [-0.39, 0.29) is 0 Å². The van der Waals surface area contributed by atoms with Crippen molar-refractivity contribution >= 4 is 27.5 Å². The highest BCUT2D eigenvalue weighted by atomic mass is 32.1. The zero-order valence-corrected chi connectivity index (χ0v) is 15.5. The number of halogens is 2. The third kappa shape index (κ3) is 3.45. The maximum atomic E-state index is 13.9. The number of fused-ring (bicyclic) bond motifs is 1. The van der Waals surface area contributed by atoms with Crippen LogP contribution in [0.3, 0.4) is 0 Å². The fraction of sp³-hybridized carbons (Fsp3) is 0.263. The van der Waals surface area contributed by atoms with Crippen molar-refractivity contribution in [2.75, 3.05) is 13.7 Å². The van der Waals surface area contributed by atoms with Gasteiger partial charge in [0.25, 0.3) is 5.91 Å². The molecule has 1 heterocycles.